The van der Waals surface area contributed by atoms with E-state index in [1.807, 2.05) is 29.6 Å². The SMILES string of the molecule is O=C(CCc1cscn1)NC1CCCN(c2ccccc2Cl)C1. The second-order valence-electron chi connectivity index (χ2n) is 5.78. The first-order valence-electron chi connectivity index (χ1n) is 7.88. The molecule has 122 valence electrons. The lowest BCUT2D eigenvalue weighted by Gasteiger charge is -2.35. The van der Waals surface area contributed by atoms with Crippen molar-refractivity contribution in [3.8, 4) is 0 Å². The summed E-state index contributed by atoms with van der Waals surface area (Å²) in [6.07, 6.45) is 3.27. The number of aromatic nitrogens is 1. The summed E-state index contributed by atoms with van der Waals surface area (Å²) in [5.74, 6) is 0.101. The average Bonchev–Trinajstić information content (AvgIpc) is 3.07. The molecule has 1 unspecified atom stereocenters. The van der Waals surface area contributed by atoms with Gasteiger partial charge in [-0.15, -0.1) is 11.3 Å². The van der Waals surface area contributed by atoms with E-state index in [0.29, 0.717) is 12.8 Å². The third-order valence-corrected chi connectivity index (χ3v) is 5.03. The van der Waals surface area contributed by atoms with Crippen LogP contribution in [-0.4, -0.2) is 30.0 Å². The van der Waals surface area contributed by atoms with Crippen LogP contribution in [0.3, 0.4) is 0 Å². The molecule has 0 radical (unpaired) electrons. The zero-order chi connectivity index (χ0) is 16.1. The van der Waals surface area contributed by atoms with Crippen LogP contribution in [0.25, 0.3) is 0 Å². The van der Waals surface area contributed by atoms with Gasteiger partial charge >= 0.3 is 0 Å². The molecule has 1 aliphatic heterocycles. The van der Waals surface area contributed by atoms with E-state index in [2.05, 4.69) is 15.2 Å². The van der Waals surface area contributed by atoms with Crippen LogP contribution in [0.1, 0.15) is 25.0 Å². The van der Waals surface area contributed by atoms with Crippen LogP contribution in [0, 0.1) is 0 Å². The van der Waals surface area contributed by atoms with Gasteiger partial charge in [-0.1, -0.05) is 23.7 Å². The van der Waals surface area contributed by atoms with Crippen LogP contribution in [0.15, 0.2) is 35.2 Å². The maximum Gasteiger partial charge on any atom is 0.220 e. The van der Waals surface area contributed by atoms with Crippen LogP contribution in [0.5, 0.6) is 0 Å². The first-order valence-corrected chi connectivity index (χ1v) is 9.20. The molecule has 4 nitrogen and oxygen atoms in total. The van der Waals surface area contributed by atoms with Crippen LogP contribution in [0.2, 0.25) is 5.02 Å². The van der Waals surface area contributed by atoms with Crippen LogP contribution >= 0.6 is 22.9 Å². The Kier molecular flexibility index (Phi) is 5.51. The molecule has 1 fully saturated rings. The van der Waals surface area contributed by atoms with Crippen molar-refractivity contribution in [2.75, 3.05) is 18.0 Å². The number of thiazole rings is 1. The standard InChI is InChI=1S/C17H20ClN3OS/c18-15-5-1-2-6-16(15)21-9-3-4-13(10-21)20-17(22)8-7-14-11-23-12-19-14/h1-2,5-6,11-13H,3-4,7-10H2,(H,20,22). The summed E-state index contributed by atoms with van der Waals surface area (Å²) in [7, 11) is 0. The summed E-state index contributed by atoms with van der Waals surface area (Å²) in [5.41, 5.74) is 3.85. The van der Waals surface area contributed by atoms with Crippen molar-refractivity contribution in [3.63, 3.8) is 0 Å². The van der Waals surface area contributed by atoms with Gasteiger partial charge in [-0.3, -0.25) is 4.79 Å². The fraction of sp³-hybridized carbons (Fsp3) is 0.412. The molecule has 0 spiro atoms. The fourth-order valence-corrected chi connectivity index (χ4v) is 3.77. The Labute approximate surface area is 145 Å². The first-order chi connectivity index (χ1) is 11.2. The average molecular weight is 350 g/mol. The quantitative estimate of drug-likeness (QED) is 0.898. The molecule has 1 N–H and O–H groups in total. The van der Waals surface area contributed by atoms with Gasteiger partial charge in [0.15, 0.2) is 0 Å². The molecule has 2 aromatic rings. The highest BCUT2D eigenvalue weighted by molar-refractivity contribution is 7.07. The summed E-state index contributed by atoms with van der Waals surface area (Å²) in [6.45, 7) is 1.79. The molecule has 1 amide bonds. The Hall–Kier alpha value is -1.59. The number of nitrogens with one attached hydrogen (secondary N) is 1. The van der Waals surface area contributed by atoms with Gasteiger partial charge in [-0.05, 0) is 31.4 Å². The van der Waals surface area contributed by atoms with E-state index >= 15 is 0 Å². The van der Waals surface area contributed by atoms with Crippen LogP contribution < -0.4 is 10.2 Å². The molecule has 2 heterocycles. The Balaban J connectivity index is 1.52. The number of para-hydroxylation sites is 1. The zero-order valence-electron chi connectivity index (χ0n) is 12.9. The molecule has 1 aromatic heterocycles. The summed E-state index contributed by atoms with van der Waals surface area (Å²) < 4.78 is 0. The van der Waals surface area contributed by atoms with E-state index in [1.54, 1.807) is 16.8 Å². The second kappa shape index (κ2) is 7.79. The molecular formula is C17H20ClN3OS. The topological polar surface area (TPSA) is 45.2 Å². The Bertz CT molecular complexity index is 647. The van der Waals surface area contributed by atoms with Crippen molar-refractivity contribution in [2.24, 2.45) is 0 Å². The summed E-state index contributed by atoms with van der Waals surface area (Å²) in [4.78, 5) is 18.6. The Morgan fingerprint density at radius 2 is 2.30 bits per heavy atom. The molecular weight excluding hydrogens is 330 g/mol. The maximum atomic E-state index is 12.1. The van der Waals surface area contributed by atoms with E-state index in [4.69, 9.17) is 11.6 Å². The number of hydrogen-bond donors (Lipinski definition) is 1. The molecule has 1 aliphatic rings. The fourth-order valence-electron chi connectivity index (χ4n) is 2.92. The Morgan fingerprint density at radius 3 is 3.09 bits per heavy atom. The predicted molar refractivity (Wildman–Crippen MR) is 95.3 cm³/mol. The molecule has 1 atom stereocenters. The van der Waals surface area contributed by atoms with Gasteiger partial charge in [0.25, 0.3) is 0 Å². The van der Waals surface area contributed by atoms with E-state index in [-0.39, 0.29) is 11.9 Å². The lowest BCUT2D eigenvalue weighted by Crippen LogP contribution is -2.48. The molecule has 0 bridgehead atoms. The van der Waals surface area contributed by atoms with Crippen molar-refractivity contribution in [1.82, 2.24) is 10.3 Å². The maximum absolute atomic E-state index is 12.1. The van der Waals surface area contributed by atoms with E-state index < -0.39 is 0 Å². The van der Waals surface area contributed by atoms with E-state index in [1.165, 1.54) is 0 Å². The van der Waals surface area contributed by atoms with E-state index in [0.717, 1.165) is 42.3 Å². The number of amides is 1. The normalized spacial score (nSPS) is 18.0. The molecule has 3 rings (SSSR count). The van der Waals surface area contributed by atoms with Gasteiger partial charge in [0.2, 0.25) is 5.91 Å². The lowest BCUT2D eigenvalue weighted by atomic mass is 10.0. The first kappa shape index (κ1) is 16.3. The van der Waals surface area contributed by atoms with Crippen LogP contribution in [-0.2, 0) is 11.2 Å². The highest BCUT2D eigenvalue weighted by Gasteiger charge is 2.22. The number of benzene rings is 1. The van der Waals surface area contributed by atoms with Crippen molar-refractivity contribution in [2.45, 2.75) is 31.7 Å². The minimum absolute atomic E-state index is 0.101. The number of carbonyl (C=O) groups excluding carboxylic acids is 1. The van der Waals surface area contributed by atoms with Crippen LogP contribution in [0.4, 0.5) is 5.69 Å². The minimum atomic E-state index is 0.101. The van der Waals surface area contributed by atoms with Gasteiger partial charge < -0.3 is 10.2 Å². The molecule has 1 aromatic carbocycles. The summed E-state index contributed by atoms with van der Waals surface area (Å²) in [6, 6.07) is 8.06. The number of anilines is 1. The highest BCUT2D eigenvalue weighted by atomic mass is 35.5. The molecule has 6 heteroatoms. The molecule has 0 saturated carbocycles. The van der Waals surface area contributed by atoms with Crippen molar-refractivity contribution < 1.29 is 4.79 Å². The number of aryl methyl sites for hydroxylation is 1. The largest absolute Gasteiger partial charge is 0.368 e. The molecule has 0 aliphatic carbocycles. The smallest absolute Gasteiger partial charge is 0.220 e. The van der Waals surface area contributed by atoms with Gasteiger partial charge in [-0.25, -0.2) is 4.98 Å². The number of hydrogen-bond acceptors (Lipinski definition) is 4. The third-order valence-electron chi connectivity index (χ3n) is 4.07. The van der Waals surface area contributed by atoms with Crippen molar-refractivity contribution >= 4 is 34.5 Å². The Morgan fingerprint density at radius 1 is 1.43 bits per heavy atom. The highest BCUT2D eigenvalue weighted by Crippen LogP contribution is 2.27. The van der Waals surface area contributed by atoms with E-state index in [9.17, 15) is 4.79 Å². The zero-order valence-corrected chi connectivity index (χ0v) is 14.4. The number of nitrogens with zero attached hydrogens (tertiary/aromatic N) is 2. The number of rotatable bonds is 5. The number of piperidine rings is 1. The van der Waals surface area contributed by atoms with Gasteiger partial charge in [-0.2, -0.15) is 0 Å². The van der Waals surface area contributed by atoms with Gasteiger partial charge in [0, 0.05) is 30.9 Å². The van der Waals surface area contributed by atoms with Crippen molar-refractivity contribution in [1.29, 1.82) is 0 Å². The predicted octanol–water partition coefficient (Wildman–Crippen LogP) is 3.51. The number of halogens is 1. The third kappa shape index (κ3) is 4.45. The van der Waals surface area contributed by atoms with Gasteiger partial charge in [0.1, 0.15) is 0 Å². The monoisotopic (exact) mass is 349 g/mol. The summed E-state index contributed by atoms with van der Waals surface area (Å²) >= 11 is 7.85. The van der Waals surface area contributed by atoms with Gasteiger partial charge in [0.05, 0.1) is 21.9 Å². The van der Waals surface area contributed by atoms with Crippen molar-refractivity contribution in [3.05, 3.63) is 45.9 Å². The summed E-state index contributed by atoms with van der Waals surface area (Å²) in [5, 5.41) is 5.91. The molecule has 1 saturated heterocycles. The molecule has 23 heavy (non-hydrogen) atoms. The lowest BCUT2D eigenvalue weighted by molar-refractivity contribution is -0.121. The second-order valence-corrected chi connectivity index (χ2v) is 6.91. The number of carbonyl (C=O) groups is 1. The minimum Gasteiger partial charge on any atom is -0.368 e.